The van der Waals surface area contributed by atoms with Crippen LogP contribution in [0.2, 0.25) is 0 Å². The van der Waals surface area contributed by atoms with E-state index in [9.17, 15) is 14.9 Å². The number of carbonyl (C=O) groups is 1. The van der Waals surface area contributed by atoms with Gasteiger partial charge in [-0.2, -0.15) is 0 Å². The van der Waals surface area contributed by atoms with E-state index in [0.717, 1.165) is 11.8 Å². The smallest absolute Gasteiger partial charge is 0.396 e. The van der Waals surface area contributed by atoms with Crippen LogP contribution < -0.4 is 0 Å². The number of halogens is 1. The molecular formula is C11H8BrN3O5S. The van der Waals surface area contributed by atoms with Crippen LogP contribution in [0, 0.1) is 10.1 Å². The molecule has 0 radical (unpaired) electrons. The first-order chi connectivity index (χ1) is 10.0. The van der Waals surface area contributed by atoms with Gasteiger partial charge in [0.25, 0.3) is 10.9 Å². The molecule has 8 nitrogen and oxygen atoms in total. The summed E-state index contributed by atoms with van der Waals surface area (Å²) in [6.07, 6.45) is 0. The molecule has 1 heterocycles. The molecule has 0 unspecified atom stereocenters. The van der Waals surface area contributed by atoms with E-state index in [1.807, 2.05) is 0 Å². The first-order valence-corrected chi connectivity index (χ1v) is 7.24. The molecule has 0 aliphatic heterocycles. The van der Waals surface area contributed by atoms with Gasteiger partial charge in [-0.1, -0.05) is 21.0 Å². The largest absolute Gasteiger partial charge is 0.459 e. The van der Waals surface area contributed by atoms with Gasteiger partial charge in [-0.05, 0) is 30.8 Å². The summed E-state index contributed by atoms with van der Waals surface area (Å²) in [4.78, 5) is 22.2. The SMILES string of the molecule is CCOC(=O)c1nnc(Sc2ccc(Br)cc2[N+](=O)[O-])o1. The Morgan fingerprint density at radius 3 is 2.95 bits per heavy atom. The Hall–Kier alpha value is -1.94. The van der Waals surface area contributed by atoms with Gasteiger partial charge >= 0.3 is 11.9 Å². The molecule has 1 aromatic heterocycles. The summed E-state index contributed by atoms with van der Waals surface area (Å²) < 4.78 is 10.4. The van der Waals surface area contributed by atoms with E-state index in [4.69, 9.17) is 9.15 Å². The molecule has 2 rings (SSSR count). The van der Waals surface area contributed by atoms with Gasteiger partial charge in [-0.25, -0.2) is 4.79 Å². The lowest BCUT2D eigenvalue weighted by atomic mass is 10.3. The number of rotatable bonds is 5. The third-order valence-corrected chi connectivity index (χ3v) is 3.57. The van der Waals surface area contributed by atoms with E-state index in [-0.39, 0.29) is 23.4 Å². The molecule has 0 atom stereocenters. The van der Waals surface area contributed by atoms with Crippen molar-refractivity contribution in [3.8, 4) is 0 Å². The monoisotopic (exact) mass is 373 g/mol. The van der Waals surface area contributed by atoms with Crippen LogP contribution in [-0.4, -0.2) is 27.7 Å². The van der Waals surface area contributed by atoms with Crippen molar-refractivity contribution in [3.63, 3.8) is 0 Å². The third kappa shape index (κ3) is 3.79. The molecule has 0 saturated heterocycles. The Balaban J connectivity index is 2.23. The summed E-state index contributed by atoms with van der Waals surface area (Å²) in [5.41, 5.74) is -0.106. The van der Waals surface area contributed by atoms with Crippen molar-refractivity contribution in [2.45, 2.75) is 17.0 Å². The maximum absolute atomic E-state index is 11.4. The average Bonchev–Trinajstić information content (AvgIpc) is 2.89. The number of benzene rings is 1. The Bertz CT molecular complexity index is 690. The highest BCUT2D eigenvalue weighted by Gasteiger charge is 2.20. The van der Waals surface area contributed by atoms with Crippen molar-refractivity contribution in [1.82, 2.24) is 10.2 Å². The lowest BCUT2D eigenvalue weighted by molar-refractivity contribution is -0.387. The van der Waals surface area contributed by atoms with E-state index >= 15 is 0 Å². The second-order valence-corrected chi connectivity index (χ2v) is 5.47. The van der Waals surface area contributed by atoms with Crippen LogP contribution in [-0.2, 0) is 4.74 Å². The van der Waals surface area contributed by atoms with Crippen molar-refractivity contribution in [3.05, 3.63) is 38.7 Å². The molecular weight excluding hydrogens is 366 g/mol. The minimum Gasteiger partial charge on any atom is -0.459 e. The highest BCUT2D eigenvalue weighted by molar-refractivity contribution is 9.10. The van der Waals surface area contributed by atoms with Gasteiger partial charge in [0.2, 0.25) is 0 Å². The molecule has 0 spiro atoms. The van der Waals surface area contributed by atoms with Crippen molar-refractivity contribution in [2.24, 2.45) is 0 Å². The number of nitro benzene ring substituents is 1. The molecule has 0 fully saturated rings. The van der Waals surface area contributed by atoms with Crippen LogP contribution in [0.4, 0.5) is 5.69 Å². The molecule has 2 aromatic rings. The Morgan fingerprint density at radius 2 is 2.29 bits per heavy atom. The zero-order valence-electron chi connectivity index (χ0n) is 10.6. The summed E-state index contributed by atoms with van der Waals surface area (Å²) in [6, 6.07) is 4.56. The molecule has 0 saturated carbocycles. The van der Waals surface area contributed by atoms with E-state index in [0.29, 0.717) is 9.37 Å². The number of ether oxygens (including phenoxy) is 1. The third-order valence-electron chi connectivity index (χ3n) is 2.17. The second-order valence-electron chi connectivity index (χ2n) is 3.56. The maximum atomic E-state index is 11.4. The topological polar surface area (TPSA) is 108 Å². The van der Waals surface area contributed by atoms with E-state index in [2.05, 4.69) is 26.1 Å². The molecule has 21 heavy (non-hydrogen) atoms. The minimum absolute atomic E-state index is 0.0171. The number of hydrogen-bond acceptors (Lipinski definition) is 8. The van der Waals surface area contributed by atoms with Crippen molar-refractivity contribution >= 4 is 39.3 Å². The first-order valence-electron chi connectivity index (χ1n) is 5.63. The Labute approximate surface area is 131 Å². The number of carbonyl (C=O) groups excluding carboxylic acids is 1. The molecule has 10 heteroatoms. The zero-order valence-corrected chi connectivity index (χ0v) is 13.0. The summed E-state index contributed by atoms with van der Waals surface area (Å²) in [7, 11) is 0. The van der Waals surface area contributed by atoms with Gasteiger partial charge < -0.3 is 9.15 Å². The van der Waals surface area contributed by atoms with Crippen molar-refractivity contribution < 1.29 is 18.9 Å². The fourth-order valence-electron chi connectivity index (χ4n) is 1.34. The lowest BCUT2D eigenvalue weighted by Gasteiger charge is -2.00. The number of esters is 1. The van der Waals surface area contributed by atoms with Gasteiger partial charge in [0.05, 0.1) is 16.4 Å². The zero-order chi connectivity index (χ0) is 15.4. The van der Waals surface area contributed by atoms with Crippen LogP contribution in [0.25, 0.3) is 0 Å². The summed E-state index contributed by atoms with van der Waals surface area (Å²) in [6.45, 7) is 1.83. The Kier molecular flexibility index (Phi) is 4.91. The van der Waals surface area contributed by atoms with E-state index < -0.39 is 10.9 Å². The van der Waals surface area contributed by atoms with E-state index in [1.54, 1.807) is 19.1 Å². The molecule has 0 aliphatic carbocycles. The molecule has 0 aliphatic rings. The molecule has 0 N–H and O–H groups in total. The minimum atomic E-state index is -0.734. The summed E-state index contributed by atoms with van der Waals surface area (Å²) >= 11 is 4.06. The first kappa shape index (κ1) is 15.4. The van der Waals surface area contributed by atoms with Gasteiger partial charge in [0.15, 0.2) is 0 Å². The summed E-state index contributed by atoms with van der Waals surface area (Å²) in [5.74, 6) is -1.03. The highest BCUT2D eigenvalue weighted by atomic mass is 79.9. The highest BCUT2D eigenvalue weighted by Crippen LogP contribution is 2.35. The fourth-order valence-corrected chi connectivity index (χ4v) is 2.45. The second kappa shape index (κ2) is 6.68. The molecule has 1 aromatic carbocycles. The van der Waals surface area contributed by atoms with Crippen LogP contribution in [0.15, 0.2) is 37.2 Å². The quantitative estimate of drug-likeness (QED) is 0.446. The fraction of sp³-hybridized carbons (Fsp3) is 0.182. The number of hydrogen-bond donors (Lipinski definition) is 0. The van der Waals surface area contributed by atoms with Crippen LogP contribution >= 0.6 is 27.7 Å². The predicted molar refractivity (Wildman–Crippen MR) is 75.2 cm³/mol. The van der Waals surface area contributed by atoms with Gasteiger partial charge in [-0.15, -0.1) is 5.10 Å². The molecule has 0 bridgehead atoms. The van der Waals surface area contributed by atoms with Gasteiger partial charge in [-0.3, -0.25) is 10.1 Å². The number of nitro groups is 1. The normalized spacial score (nSPS) is 10.4. The van der Waals surface area contributed by atoms with E-state index in [1.165, 1.54) is 6.07 Å². The number of aromatic nitrogens is 2. The molecule has 0 amide bonds. The summed E-state index contributed by atoms with van der Waals surface area (Å²) in [5, 5.41) is 18.2. The average molecular weight is 374 g/mol. The Morgan fingerprint density at radius 1 is 1.52 bits per heavy atom. The van der Waals surface area contributed by atoms with Crippen LogP contribution in [0.5, 0.6) is 0 Å². The molecule has 110 valence electrons. The van der Waals surface area contributed by atoms with Crippen LogP contribution in [0.3, 0.4) is 0 Å². The van der Waals surface area contributed by atoms with Crippen molar-refractivity contribution in [2.75, 3.05) is 6.61 Å². The standard InChI is InChI=1S/C11H8BrN3O5S/c1-2-19-10(16)9-13-14-11(20-9)21-8-4-3-6(12)5-7(8)15(17)18/h3-5H,2H2,1H3. The van der Waals surface area contributed by atoms with Gasteiger partial charge in [0.1, 0.15) is 0 Å². The lowest BCUT2D eigenvalue weighted by Crippen LogP contribution is -2.04. The van der Waals surface area contributed by atoms with Crippen molar-refractivity contribution in [1.29, 1.82) is 0 Å². The number of nitrogens with zero attached hydrogens (tertiary/aromatic N) is 3. The van der Waals surface area contributed by atoms with Crippen LogP contribution in [0.1, 0.15) is 17.6 Å². The van der Waals surface area contributed by atoms with Gasteiger partial charge in [0, 0.05) is 10.5 Å². The maximum Gasteiger partial charge on any atom is 0.396 e. The predicted octanol–water partition coefficient (Wildman–Crippen LogP) is 3.07.